The van der Waals surface area contributed by atoms with Crippen molar-refractivity contribution in [3.05, 3.63) is 42.0 Å². The molecule has 2 aromatic carbocycles. The van der Waals surface area contributed by atoms with Crippen molar-refractivity contribution in [3.8, 4) is 17.2 Å². The van der Waals surface area contributed by atoms with E-state index in [1.54, 1.807) is 40.7 Å². The van der Waals surface area contributed by atoms with Gasteiger partial charge in [-0.3, -0.25) is 4.79 Å². The fourth-order valence-electron chi connectivity index (χ4n) is 4.33. The summed E-state index contributed by atoms with van der Waals surface area (Å²) in [5.41, 5.74) is 1.21. The average Bonchev–Trinajstić information content (AvgIpc) is 2.78. The van der Waals surface area contributed by atoms with Gasteiger partial charge in [0.15, 0.2) is 11.5 Å². The molecule has 2 atom stereocenters. The molecule has 9 heteroatoms. The molecule has 2 aromatic rings. The summed E-state index contributed by atoms with van der Waals surface area (Å²) >= 11 is 0. The number of hydrogen-bond donors (Lipinski definition) is 1. The molecule has 0 aliphatic carbocycles. The molecule has 0 aromatic heterocycles. The van der Waals surface area contributed by atoms with Crippen molar-refractivity contribution in [1.82, 2.24) is 4.31 Å². The molecule has 1 aliphatic rings. The highest BCUT2D eigenvalue weighted by atomic mass is 32.2. The van der Waals surface area contributed by atoms with Gasteiger partial charge in [0.2, 0.25) is 21.7 Å². The molecule has 0 saturated carbocycles. The fourth-order valence-corrected chi connectivity index (χ4v) is 6.21. The van der Waals surface area contributed by atoms with E-state index < -0.39 is 10.0 Å². The number of sulfonamides is 1. The van der Waals surface area contributed by atoms with Gasteiger partial charge in [0.1, 0.15) is 0 Å². The van der Waals surface area contributed by atoms with Crippen LogP contribution in [0.15, 0.2) is 41.3 Å². The lowest BCUT2D eigenvalue weighted by molar-refractivity contribution is -0.115. The number of benzene rings is 2. The first kappa shape index (κ1) is 24.9. The second-order valence-corrected chi connectivity index (χ2v) is 10.1. The van der Waals surface area contributed by atoms with Gasteiger partial charge >= 0.3 is 0 Å². The predicted octanol–water partition coefficient (Wildman–Crippen LogP) is 3.85. The molecule has 3 rings (SSSR count). The minimum absolute atomic E-state index is 0.0309. The summed E-state index contributed by atoms with van der Waals surface area (Å²) in [7, 11) is 0.954. The molecule has 1 amide bonds. The van der Waals surface area contributed by atoms with E-state index in [1.807, 2.05) is 13.8 Å². The van der Waals surface area contributed by atoms with Crippen molar-refractivity contribution >= 4 is 21.6 Å². The average molecular weight is 477 g/mol. The number of piperidine rings is 1. The highest BCUT2D eigenvalue weighted by Gasteiger charge is 2.35. The molecule has 33 heavy (non-hydrogen) atoms. The summed E-state index contributed by atoms with van der Waals surface area (Å²) < 4.78 is 43.9. The van der Waals surface area contributed by atoms with E-state index in [1.165, 1.54) is 21.3 Å². The third-order valence-corrected chi connectivity index (χ3v) is 8.06. The third-order valence-electron chi connectivity index (χ3n) is 5.92. The van der Waals surface area contributed by atoms with E-state index in [-0.39, 0.29) is 29.3 Å². The topological polar surface area (TPSA) is 94.2 Å². The number of ether oxygens (including phenoxy) is 3. The number of amides is 1. The first-order valence-corrected chi connectivity index (χ1v) is 12.4. The normalized spacial score (nSPS) is 19.1. The van der Waals surface area contributed by atoms with E-state index in [4.69, 9.17) is 14.2 Å². The summed E-state index contributed by atoms with van der Waals surface area (Å²) in [6, 6.07) is 9.68. The number of carbonyl (C=O) groups excluding carboxylic acids is 1. The maximum atomic E-state index is 13.2. The number of anilines is 1. The number of methoxy groups -OCH3 is 3. The van der Waals surface area contributed by atoms with Gasteiger partial charge < -0.3 is 19.5 Å². The van der Waals surface area contributed by atoms with Crippen LogP contribution in [0.25, 0.3) is 0 Å². The molecule has 1 aliphatic heterocycles. The summed E-state index contributed by atoms with van der Waals surface area (Å²) in [4.78, 5) is 12.8. The van der Waals surface area contributed by atoms with Crippen molar-refractivity contribution in [2.45, 2.75) is 56.5 Å². The van der Waals surface area contributed by atoms with Crippen molar-refractivity contribution in [2.75, 3.05) is 26.6 Å². The molecule has 0 bridgehead atoms. The third kappa shape index (κ3) is 5.42. The Bertz CT molecular complexity index is 1050. The van der Waals surface area contributed by atoms with Crippen molar-refractivity contribution in [3.63, 3.8) is 0 Å². The van der Waals surface area contributed by atoms with Crippen LogP contribution in [-0.2, 0) is 21.2 Å². The van der Waals surface area contributed by atoms with E-state index in [2.05, 4.69) is 5.32 Å². The number of rotatable bonds is 8. The van der Waals surface area contributed by atoms with Crippen LogP contribution < -0.4 is 19.5 Å². The predicted molar refractivity (Wildman–Crippen MR) is 127 cm³/mol. The standard InChI is InChI=1S/C24H32N2O6S/c1-16-7-6-8-17(2)26(16)33(28,29)20-11-9-19(10-12-20)25-23(27)15-18-13-21(30-3)24(32-5)22(14-18)31-4/h9-14,16-17H,6-8,15H2,1-5H3,(H,25,27)/t16-,17-/m0/s1. The minimum Gasteiger partial charge on any atom is -0.493 e. The van der Waals surface area contributed by atoms with Gasteiger partial charge in [0.05, 0.1) is 32.6 Å². The number of hydrogen-bond acceptors (Lipinski definition) is 6. The van der Waals surface area contributed by atoms with Crippen LogP contribution >= 0.6 is 0 Å². The maximum Gasteiger partial charge on any atom is 0.243 e. The first-order chi connectivity index (χ1) is 15.7. The van der Waals surface area contributed by atoms with Crippen LogP contribution in [0.3, 0.4) is 0 Å². The Hall–Kier alpha value is -2.78. The lowest BCUT2D eigenvalue weighted by Gasteiger charge is -2.37. The van der Waals surface area contributed by atoms with Gasteiger partial charge in [-0.25, -0.2) is 8.42 Å². The van der Waals surface area contributed by atoms with Crippen LogP contribution in [0.5, 0.6) is 17.2 Å². The monoisotopic (exact) mass is 476 g/mol. The van der Waals surface area contributed by atoms with Crippen LogP contribution in [0.1, 0.15) is 38.7 Å². The molecular weight excluding hydrogens is 444 g/mol. The zero-order chi connectivity index (χ0) is 24.2. The second kappa shape index (κ2) is 10.4. The van der Waals surface area contributed by atoms with E-state index in [9.17, 15) is 13.2 Å². The maximum absolute atomic E-state index is 13.2. The first-order valence-electron chi connectivity index (χ1n) is 10.9. The molecule has 1 fully saturated rings. The van der Waals surface area contributed by atoms with Crippen LogP contribution in [0, 0.1) is 0 Å². The number of carbonyl (C=O) groups is 1. The Kier molecular flexibility index (Phi) is 7.86. The summed E-state index contributed by atoms with van der Waals surface area (Å²) in [5.74, 6) is 1.14. The largest absolute Gasteiger partial charge is 0.493 e. The smallest absolute Gasteiger partial charge is 0.243 e. The summed E-state index contributed by atoms with van der Waals surface area (Å²) in [6.45, 7) is 3.90. The zero-order valence-electron chi connectivity index (χ0n) is 19.8. The van der Waals surface area contributed by atoms with Gasteiger partial charge in [0.25, 0.3) is 0 Å². The molecule has 0 spiro atoms. The zero-order valence-corrected chi connectivity index (χ0v) is 20.6. The Morgan fingerprint density at radius 2 is 1.52 bits per heavy atom. The Morgan fingerprint density at radius 3 is 2.00 bits per heavy atom. The Morgan fingerprint density at radius 1 is 0.970 bits per heavy atom. The molecule has 8 nitrogen and oxygen atoms in total. The van der Waals surface area contributed by atoms with E-state index in [0.29, 0.717) is 28.5 Å². The van der Waals surface area contributed by atoms with Crippen LogP contribution in [0.2, 0.25) is 0 Å². The van der Waals surface area contributed by atoms with Crippen molar-refractivity contribution < 1.29 is 27.4 Å². The van der Waals surface area contributed by atoms with Gasteiger partial charge in [-0.2, -0.15) is 4.31 Å². The van der Waals surface area contributed by atoms with Crippen LogP contribution in [-0.4, -0.2) is 52.0 Å². The SMILES string of the molecule is COc1cc(CC(=O)Nc2ccc(S(=O)(=O)N3[C@@H](C)CCC[C@@H]3C)cc2)cc(OC)c1OC. The van der Waals surface area contributed by atoms with Gasteiger partial charge in [-0.15, -0.1) is 0 Å². The molecular formula is C24H32N2O6S. The van der Waals surface area contributed by atoms with Crippen LogP contribution in [0.4, 0.5) is 5.69 Å². The molecule has 0 radical (unpaired) electrons. The van der Waals surface area contributed by atoms with E-state index >= 15 is 0 Å². The summed E-state index contributed by atoms with van der Waals surface area (Å²) in [6.07, 6.45) is 2.84. The fraction of sp³-hybridized carbons (Fsp3) is 0.458. The number of nitrogens with zero attached hydrogens (tertiary/aromatic N) is 1. The summed E-state index contributed by atoms with van der Waals surface area (Å²) in [5, 5.41) is 2.81. The van der Waals surface area contributed by atoms with Gasteiger partial charge in [0, 0.05) is 17.8 Å². The molecule has 0 unspecified atom stereocenters. The molecule has 1 saturated heterocycles. The highest BCUT2D eigenvalue weighted by molar-refractivity contribution is 7.89. The second-order valence-electron chi connectivity index (χ2n) is 8.25. The molecule has 1 N–H and O–H groups in total. The number of nitrogens with one attached hydrogen (secondary N) is 1. The molecule has 1 heterocycles. The van der Waals surface area contributed by atoms with Gasteiger partial charge in [-0.1, -0.05) is 6.42 Å². The Balaban J connectivity index is 1.72. The Labute approximate surface area is 195 Å². The van der Waals surface area contributed by atoms with Crippen molar-refractivity contribution in [1.29, 1.82) is 0 Å². The lowest BCUT2D eigenvalue weighted by Crippen LogP contribution is -2.47. The lowest BCUT2D eigenvalue weighted by atomic mass is 10.0. The van der Waals surface area contributed by atoms with Gasteiger partial charge in [-0.05, 0) is 68.7 Å². The van der Waals surface area contributed by atoms with E-state index in [0.717, 1.165) is 19.3 Å². The highest BCUT2D eigenvalue weighted by Crippen LogP contribution is 2.38. The van der Waals surface area contributed by atoms with Crippen molar-refractivity contribution in [2.24, 2.45) is 0 Å². The minimum atomic E-state index is -3.60. The molecule has 180 valence electrons. The quantitative estimate of drug-likeness (QED) is 0.622.